The fourth-order valence-electron chi connectivity index (χ4n) is 1.79. The van der Waals surface area contributed by atoms with Crippen LogP contribution in [-0.4, -0.2) is 24.4 Å². The van der Waals surface area contributed by atoms with E-state index in [9.17, 15) is 14.9 Å². The summed E-state index contributed by atoms with van der Waals surface area (Å²) in [4.78, 5) is 22.3. The number of methoxy groups -OCH3 is 1. The number of nitro benzene ring substituents is 1. The van der Waals surface area contributed by atoms with Gasteiger partial charge < -0.3 is 9.47 Å². The number of non-ortho nitro benzene ring substituents is 1. The van der Waals surface area contributed by atoms with Crippen LogP contribution >= 0.6 is 23.2 Å². The highest BCUT2D eigenvalue weighted by Gasteiger charge is 2.15. The molecule has 0 saturated heterocycles. The van der Waals surface area contributed by atoms with Gasteiger partial charge in [0.2, 0.25) is 0 Å². The quantitative estimate of drug-likeness (QED) is 0.441. The monoisotopic (exact) mass is 355 g/mol. The van der Waals surface area contributed by atoms with Crippen LogP contribution in [0.3, 0.4) is 0 Å². The lowest BCUT2D eigenvalue weighted by molar-refractivity contribution is -0.385. The second-order valence-electron chi connectivity index (χ2n) is 4.43. The number of carbonyl (C=O) groups is 1. The van der Waals surface area contributed by atoms with Gasteiger partial charge in [0, 0.05) is 11.6 Å². The Labute approximate surface area is 141 Å². The Morgan fingerprint density at radius 3 is 2.48 bits per heavy atom. The minimum atomic E-state index is -0.562. The van der Waals surface area contributed by atoms with Crippen LogP contribution in [0.2, 0.25) is 10.0 Å². The molecule has 0 fully saturated rings. The van der Waals surface area contributed by atoms with Crippen molar-refractivity contribution in [3.63, 3.8) is 0 Å². The van der Waals surface area contributed by atoms with Gasteiger partial charge in [0.05, 0.1) is 28.1 Å². The molecule has 0 aromatic heterocycles. The van der Waals surface area contributed by atoms with E-state index in [4.69, 9.17) is 32.7 Å². The van der Waals surface area contributed by atoms with Gasteiger partial charge in [-0.15, -0.1) is 0 Å². The molecule has 6 nitrogen and oxygen atoms in total. The fraction of sp³-hybridized carbons (Fsp3) is 0.133. The molecule has 2 rings (SSSR count). The van der Waals surface area contributed by atoms with Gasteiger partial charge in [0.15, 0.2) is 23.9 Å². The molecular weight excluding hydrogens is 345 g/mol. The zero-order valence-electron chi connectivity index (χ0n) is 11.9. The number of benzene rings is 2. The van der Waals surface area contributed by atoms with Crippen LogP contribution in [-0.2, 0) is 0 Å². The second-order valence-corrected chi connectivity index (χ2v) is 5.25. The SMILES string of the molecule is COc1ccc([N+](=O)[O-])cc1OCC(=O)c1ccc(Cl)c(Cl)c1. The number of rotatable bonds is 6. The molecule has 0 atom stereocenters. The molecule has 0 heterocycles. The van der Waals surface area contributed by atoms with Gasteiger partial charge in [-0.1, -0.05) is 23.2 Å². The first-order valence-electron chi connectivity index (χ1n) is 6.36. The Hall–Kier alpha value is -2.31. The molecular formula is C15H11Cl2NO5. The maximum absolute atomic E-state index is 12.1. The summed E-state index contributed by atoms with van der Waals surface area (Å²) in [5.41, 5.74) is 0.159. The molecule has 0 N–H and O–H groups in total. The number of halogens is 2. The van der Waals surface area contributed by atoms with Gasteiger partial charge >= 0.3 is 0 Å². The van der Waals surface area contributed by atoms with Crippen molar-refractivity contribution in [2.24, 2.45) is 0 Å². The molecule has 0 aliphatic carbocycles. The predicted molar refractivity (Wildman–Crippen MR) is 85.9 cm³/mol. The van der Waals surface area contributed by atoms with Crippen LogP contribution in [0, 0.1) is 10.1 Å². The number of hydrogen-bond acceptors (Lipinski definition) is 5. The number of ether oxygens (including phenoxy) is 2. The van der Waals surface area contributed by atoms with Crippen molar-refractivity contribution in [3.8, 4) is 11.5 Å². The Balaban J connectivity index is 2.16. The summed E-state index contributed by atoms with van der Waals surface area (Å²) in [5, 5.41) is 11.4. The van der Waals surface area contributed by atoms with E-state index < -0.39 is 4.92 Å². The minimum absolute atomic E-state index is 0.107. The molecule has 120 valence electrons. The molecule has 0 aliphatic heterocycles. The Morgan fingerprint density at radius 2 is 1.87 bits per heavy atom. The predicted octanol–water partition coefficient (Wildman–Crippen LogP) is 4.17. The molecule has 2 aromatic rings. The summed E-state index contributed by atoms with van der Waals surface area (Å²) in [6, 6.07) is 8.33. The molecule has 2 aromatic carbocycles. The number of Topliss-reactive ketones (excluding diaryl/α,β-unsaturated/α-hetero) is 1. The molecule has 8 heteroatoms. The molecule has 0 aliphatic rings. The highest BCUT2D eigenvalue weighted by Crippen LogP contribution is 2.31. The number of hydrogen-bond donors (Lipinski definition) is 0. The van der Waals surface area contributed by atoms with E-state index in [0.717, 1.165) is 0 Å². The molecule has 0 unspecified atom stereocenters. The van der Waals surface area contributed by atoms with Crippen molar-refractivity contribution < 1.29 is 19.2 Å². The summed E-state index contributed by atoms with van der Waals surface area (Å²) in [6.07, 6.45) is 0. The largest absolute Gasteiger partial charge is 0.493 e. The second kappa shape index (κ2) is 7.30. The van der Waals surface area contributed by atoms with E-state index in [2.05, 4.69) is 0 Å². The highest BCUT2D eigenvalue weighted by atomic mass is 35.5. The average molecular weight is 356 g/mol. The summed E-state index contributed by atoms with van der Waals surface area (Å²) in [7, 11) is 1.40. The van der Waals surface area contributed by atoms with E-state index in [1.165, 1.54) is 43.5 Å². The molecule has 0 radical (unpaired) electrons. The van der Waals surface area contributed by atoms with Gasteiger partial charge in [0.25, 0.3) is 5.69 Å². The third kappa shape index (κ3) is 4.12. The van der Waals surface area contributed by atoms with Crippen molar-refractivity contribution >= 4 is 34.7 Å². The number of carbonyl (C=O) groups excluding carboxylic acids is 1. The van der Waals surface area contributed by atoms with Crippen molar-refractivity contribution in [2.45, 2.75) is 0 Å². The van der Waals surface area contributed by atoms with Gasteiger partial charge in [-0.05, 0) is 24.3 Å². The van der Waals surface area contributed by atoms with Gasteiger partial charge in [-0.3, -0.25) is 14.9 Å². The van der Waals surface area contributed by atoms with Crippen LogP contribution in [0.5, 0.6) is 11.5 Å². The van der Waals surface area contributed by atoms with E-state index in [1.807, 2.05) is 0 Å². The summed E-state index contributed by atoms with van der Waals surface area (Å²) in [6.45, 7) is -0.324. The number of ketones is 1. The Morgan fingerprint density at radius 1 is 1.13 bits per heavy atom. The third-order valence-corrected chi connectivity index (χ3v) is 3.70. The molecule has 0 amide bonds. The maximum atomic E-state index is 12.1. The molecule has 23 heavy (non-hydrogen) atoms. The zero-order chi connectivity index (χ0) is 17.0. The third-order valence-electron chi connectivity index (χ3n) is 2.96. The first-order valence-corrected chi connectivity index (χ1v) is 7.11. The molecule has 0 bridgehead atoms. The zero-order valence-corrected chi connectivity index (χ0v) is 13.4. The molecule has 0 spiro atoms. The smallest absolute Gasteiger partial charge is 0.273 e. The normalized spacial score (nSPS) is 10.2. The van der Waals surface area contributed by atoms with Crippen LogP contribution in [0.25, 0.3) is 0 Å². The standard InChI is InChI=1S/C15H11Cl2NO5/c1-22-14-5-3-10(18(20)21)7-15(14)23-8-13(19)9-2-4-11(16)12(17)6-9/h2-7H,8H2,1H3. The van der Waals surface area contributed by atoms with Crippen LogP contribution in [0.1, 0.15) is 10.4 Å². The first-order chi connectivity index (χ1) is 10.9. The maximum Gasteiger partial charge on any atom is 0.273 e. The van der Waals surface area contributed by atoms with Crippen molar-refractivity contribution in [3.05, 3.63) is 62.1 Å². The fourth-order valence-corrected chi connectivity index (χ4v) is 2.09. The summed E-state index contributed by atoms with van der Waals surface area (Å²) in [5.74, 6) is 0.0461. The van der Waals surface area contributed by atoms with Crippen molar-refractivity contribution in [1.82, 2.24) is 0 Å². The van der Waals surface area contributed by atoms with Crippen LogP contribution < -0.4 is 9.47 Å². The van der Waals surface area contributed by atoms with Crippen LogP contribution in [0.4, 0.5) is 5.69 Å². The van der Waals surface area contributed by atoms with E-state index >= 15 is 0 Å². The molecule has 0 saturated carbocycles. The Bertz CT molecular complexity index is 764. The highest BCUT2D eigenvalue weighted by molar-refractivity contribution is 6.42. The lowest BCUT2D eigenvalue weighted by Gasteiger charge is -2.10. The van der Waals surface area contributed by atoms with Crippen molar-refractivity contribution in [1.29, 1.82) is 0 Å². The van der Waals surface area contributed by atoms with Gasteiger partial charge in [-0.2, -0.15) is 0 Å². The summed E-state index contributed by atoms with van der Waals surface area (Å²) >= 11 is 11.6. The van der Waals surface area contributed by atoms with E-state index in [1.54, 1.807) is 0 Å². The number of nitro groups is 1. The first kappa shape index (κ1) is 17.1. The number of nitrogens with zero attached hydrogens (tertiary/aromatic N) is 1. The summed E-state index contributed by atoms with van der Waals surface area (Å²) < 4.78 is 10.4. The van der Waals surface area contributed by atoms with E-state index in [0.29, 0.717) is 10.6 Å². The average Bonchev–Trinajstić information content (AvgIpc) is 2.54. The lowest BCUT2D eigenvalue weighted by atomic mass is 10.1. The minimum Gasteiger partial charge on any atom is -0.493 e. The topological polar surface area (TPSA) is 78.7 Å². The van der Waals surface area contributed by atoms with Gasteiger partial charge in [0.1, 0.15) is 0 Å². The van der Waals surface area contributed by atoms with Gasteiger partial charge in [-0.25, -0.2) is 0 Å². The lowest BCUT2D eigenvalue weighted by Crippen LogP contribution is -2.12. The van der Waals surface area contributed by atoms with E-state index in [-0.39, 0.29) is 34.6 Å². The van der Waals surface area contributed by atoms with Crippen molar-refractivity contribution in [2.75, 3.05) is 13.7 Å². The Kier molecular flexibility index (Phi) is 5.41. The van der Waals surface area contributed by atoms with Crippen LogP contribution in [0.15, 0.2) is 36.4 Å².